The van der Waals surface area contributed by atoms with E-state index in [0.717, 1.165) is 11.1 Å². The fourth-order valence-corrected chi connectivity index (χ4v) is 3.52. The van der Waals surface area contributed by atoms with Gasteiger partial charge in [0, 0.05) is 29.2 Å². The molecule has 2 aromatic rings. The van der Waals surface area contributed by atoms with Crippen LogP contribution < -0.4 is 9.47 Å². The quantitative estimate of drug-likeness (QED) is 0.748. The highest BCUT2D eigenvalue weighted by Gasteiger charge is 2.42. The fraction of sp³-hybridized carbons (Fsp3) is 0.300. The zero-order chi connectivity index (χ0) is 17.7. The van der Waals surface area contributed by atoms with Crippen LogP contribution in [0.5, 0.6) is 23.0 Å². The smallest absolute Gasteiger partial charge is 0.138 e. The van der Waals surface area contributed by atoms with Gasteiger partial charge in [-0.25, -0.2) is 0 Å². The second kappa shape index (κ2) is 5.70. The van der Waals surface area contributed by atoms with Gasteiger partial charge in [-0.05, 0) is 25.1 Å². The third-order valence-electron chi connectivity index (χ3n) is 4.96. The molecule has 2 aliphatic heterocycles. The Labute approximate surface area is 145 Å². The van der Waals surface area contributed by atoms with E-state index in [-0.39, 0.29) is 29.9 Å². The van der Waals surface area contributed by atoms with Crippen molar-refractivity contribution in [2.75, 3.05) is 6.61 Å². The van der Waals surface area contributed by atoms with Crippen molar-refractivity contribution < 1.29 is 24.8 Å². The van der Waals surface area contributed by atoms with E-state index in [0.29, 0.717) is 29.2 Å². The summed E-state index contributed by atoms with van der Waals surface area (Å²) in [5, 5.41) is 30.1. The van der Waals surface area contributed by atoms with Crippen LogP contribution in [0.4, 0.5) is 0 Å². The van der Waals surface area contributed by atoms with Gasteiger partial charge in [-0.1, -0.05) is 18.2 Å². The van der Waals surface area contributed by atoms with E-state index in [1.165, 1.54) is 0 Å². The number of phenols is 2. The van der Waals surface area contributed by atoms with Crippen molar-refractivity contribution >= 4 is 0 Å². The lowest BCUT2D eigenvalue weighted by atomic mass is 9.88. The van der Waals surface area contributed by atoms with Gasteiger partial charge in [-0.3, -0.25) is 0 Å². The molecule has 0 spiro atoms. The molecule has 3 unspecified atom stereocenters. The van der Waals surface area contributed by atoms with Gasteiger partial charge >= 0.3 is 0 Å². The van der Waals surface area contributed by atoms with Crippen LogP contribution in [0, 0.1) is 0 Å². The van der Waals surface area contributed by atoms with E-state index in [1.54, 1.807) is 31.2 Å². The maximum absolute atomic E-state index is 10.3. The highest BCUT2D eigenvalue weighted by Crippen LogP contribution is 2.53. The standard InChI is InChI=1S/C20H20O5/c1-10(2)17(23)8-14-16(22)6-5-12-15-9-24-18-7-11(21)3-4-13(18)20(15)25-19(12)14/h3-7,15,17,20-23H,1,8-9H2,2H3. The number of ether oxygens (including phenoxy) is 2. The molecule has 2 heterocycles. The summed E-state index contributed by atoms with van der Waals surface area (Å²) >= 11 is 0. The summed E-state index contributed by atoms with van der Waals surface area (Å²) in [6.45, 7) is 5.95. The normalized spacial score (nSPS) is 21.4. The fourth-order valence-electron chi connectivity index (χ4n) is 3.52. The van der Waals surface area contributed by atoms with Gasteiger partial charge in [0.1, 0.15) is 29.1 Å². The Balaban J connectivity index is 1.75. The molecular formula is C20H20O5. The first kappa shape index (κ1) is 15.8. The van der Waals surface area contributed by atoms with Crippen LogP contribution in [-0.4, -0.2) is 28.0 Å². The molecule has 130 valence electrons. The molecule has 0 aromatic heterocycles. The number of hydrogen-bond acceptors (Lipinski definition) is 5. The predicted molar refractivity (Wildman–Crippen MR) is 92.3 cm³/mol. The van der Waals surface area contributed by atoms with Crippen LogP contribution in [0.15, 0.2) is 42.5 Å². The average Bonchev–Trinajstić information content (AvgIpc) is 2.95. The van der Waals surface area contributed by atoms with Crippen molar-refractivity contribution in [2.24, 2.45) is 0 Å². The molecule has 0 bridgehead atoms. The molecule has 0 radical (unpaired) electrons. The molecular weight excluding hydrogens is 320 g/mol. The predicted octanol–water partition coefficient (Wildman–Crippen LogP) is 3.19. The summed E-state index contributed by atoms with van der Waals surface area (Å²) < 4.78 is 12.0. The first-order valence-electron chi connectivity index (χ1n) is 8.26. The molecule has 3 atom stereocenters. The van der Waals surface area contributed by atoms with E-state index in [4.69, 9.17) is 9.47 Å². The van der Waals surface area contributed by atoms with Crippen LogP contribution in [0.3, 0.4) is 0 Å². The van der Waals surface area contributed by atoms with Crippen molar-refractivity contribution in [3.63, 3.8) is 0 Å². The van der Waals surface area contributed by atoms with Gasteiger partial charge < -0.3 is 24.8 Å². The molecule has 5 heteroatoms. The summed E-state index contributed by atoms with van der Waals surface area (Å²) in [6.07, 6.45) is -0.737. The van der Waals surface area contributed by atoms with Crippen molar-refractivity contribution in [3.05, 3.63) is 59.2 Å². The number of fused-ring (bicyclic) bond motifs is 5. The van der Waals surface area contributed by atoms with Gasteiger partial charge in [0.25, 0.3) is 0 Å². The molecule has 25 heavy (non-hydrogen) atoms. The highest BCUT2D eigenvalue weighted by atomic mass is 16.5. The van der Waals surface area contributed by atoms with Gasteiger partial charge in [0.05, 0.1) is 18.6 Å². The summed E-state index contributed by atoms with van der Waals surface area (Å²) in [5.41, 5.74) is 3.06. The third-order valence-corrected chi connectivity index (χ3v) is 4.96. The minimum absolute atomic E-state index is 0.00774. The lowest BCUT2D eigenvalue weighted by Gasteiger charge is -2.27. The number of aromatic hydroxyl groups is 2. The van der Waals surface area contributed by atoms with E-state index < -0.39 is 6.10 Å². The van der Waals surface area contributed by atoms with Crippen LogP contribution in [0.1, 0.15) is 35.6 Å². The Kier molecular flexibility index (Phi) is 3.62. The Morgan fingerprint density at radius 2 is 2.00 bits per heavy atom. The molecule has 0 amide bonds. The number of phenolic OH excluding ortho intramolecular Hbond substituents is 2. The summed E-state index contributed by atoms with van der Waals surface area (Å²) in [6, 6.07) is 8.48. The van der Waals surface area contributed by atoms with Crippen molar-refractivity contribution in [1.29, 1.82) is 0 Å². The largest absolute Gasteiger partial charge is 0.508 e. The number of hydrogen-bond donors (Lipinski definition) is 3. The SMILES string of the molecule is C=C(C)C(O)Cc1c(O)ccc2c1OC1c3ccc(O)cc3OCC21. The topological polar surface area (TPSA) is 79.2 Å². The molecule has 5 nitrogen and oxygen atoms in total. The maximum Gasteiger partial charge on any atom is 0.138 e. The third kappa shape index (κ3) is 2.51. The van der Waals surface area contributed by atoms with Crippen LogP contribution in [0.2, 0.25) is 0 Å². The minimum Gasteiger partial charge on any atom is -0.508 e. The molecule has 0 fully saturated rings. The second-order valence-electron chi connectivity index (χ2n) is 6.73. The monoisotopic (exact) mass is 340 g/mol. The minimum atomic E-state index is -0.746. The molecule has 4 rings (SSSR count). The van der Waals surface area contributed by atoms with Crippen LogP contribution in [-0.2, 0) is 6.42 Å². The lowest BCUT2D eigenvalue weighted by Crippen LogP contribution is -2.23. The average molecular weight is 340 g/mol. The van der Waals surface area contributed by atoms with E-state index in [9.17, 15) is 15.3 Å². The maximum atomic E-state index is 10.3. The van der Waals surface area contributed by atoms with Crippen molar-refractivity contribution in [2.45, 2.75) is 31.5 Å². The molecule has 3 N–H and O–H groups in total. The van der Waals surface area contributed by atoms with Gasteiger partial charge in [-0.2, -0.15) is 0 Å². The molecule has 2 aromatic carbocycles. The zero-order valence-electron chi connectivity index (χ0n) is 13.9. The number of benzene rings is 2. The second-order valence-corrected chi connectivity index (χ2v) is 6.73. The molecule has 0 saturated carbocycles. The Bertz CT molecular complexity index is 857. The first-order chi connectivity index (χ1) is 12.0. The van der Waals surface area contributed by atoms with E-state index in [1.807, 2.05) is 6.07 Å². The number of rotatable bonds is 3. The van der Waals surface area contributed by atoms with E-state index in [2.05, 4.69) is 6.58 Å². The van der Waals surface area contributed by atoms with Crippen molar-refractivity contribution in [1.82, 2.24) is 0 Å². The lowest BCUT2D eigenvalue weighted by molar-refractivity contribution is 0.137. The summed E-state index contributed by atoms with van der Waals surface area (Å²) in [5.74, 6) is 1.48. The van der Waals surface area contributed by atoms with Crippen LogP contribution >= 0.6 is 0 Å². The summed E-state index contributed by atoms with van der Waals surface area (Å²) in [7, 11) is 0. The Morgan fingerprint density at radius 1 is 1.24 bits per heavy atom. The Morgan fingerprint density at radius 3 is 2.76 bits per heavy atom. The molecule has 0 saturated heterocycles. The Hall–Kier alpha value is -2.66. The zero-order valence-corrected chi connectivity index (χ0v) is 13.9. The molecule has 2 aliphatic rings. The van der Waals surface area contributed by atoms with Gasteiger partial charge in [0.15, 0.2) is 0 Å². The highest BCUT2D eigenvalue weighted by molar-refractivity contribution is 5.57. The first-order valence-corrected chi connectivity index (χ1v) is 8.26. The van der Waals surface area contributed by atoms with Crippen LogP contribution in [0.25, 0.3) is 0 Å². The van der Waals surface area contributed by atoms with Gasteiger partial charge in [-0.15, -0.1) is 0 Å². The number of aliphatic hydroxyl groups is 1. The van der Waals surface area contributed by atoms with E-state index >= 15 is 0 Å². The number of aliphatic hydroxyl groups excluding tert-OH is 1. The van der Waals surface area contributed by atoms with Gasteiger partial charge in [0.2, 0.25) is 0 Å². The van der Waals surface area contributed by atoms with Crippen molar-refractivity contribution in [3.8, 4) is 23.0 Å². The molecule has 0 aliphatic carbocycles. The summed E-state index contributed by atoms with van der Waals surface area (Å²) in [4.78, 5) is 0.